The summed E-state index contributed by atoms with van der Waals surface area (Å²) in [5, 5.41) is 18.7. The van der Waals surface area contributed by atoms with Crippen molar-refractivity contribution in [2.45, 2.75) is 47.0 Å². The number of aryl methyl sites for hydroxylation is 2. The molecule has 0 fully saturated rings. The molecule has 0 radical (unpaired) electrons. The first kappa shape index (κ1) is 36.3. The highest BCUT2D eigenvalue weighted by molar-refractivity contribution is 14.1. The van der Waals surface area contributed by atoms with E-state index in [2.05, 4.69) is 42.9 Å². The van der Waals surface area contributed by atoms with E-state index in [1.54, 1.807) is 40.2 Å². The van der Waals surface area contributed by atoms with Gasteiger partial charge in [-0.1, -0.05) is 84.8 Å². The van der Waals surface area contributed by atoms with E-state index in [9.17, 15) is 5.11 Å². The summed E-state index contributed by atoms with van der Waals surface area (Å²) in [6.07, 6.45) is -0.705. The number of ether oxygens (including phenoxy) is 4. The summed E-state index contributed by atoms with van der Waals surface area (Å²) in [4.78, 5) is 8.56. The molecule has 4 aromatic carbocycles. The number of rotatable bonds is 12. The van der Waals surface area contributed by atoms with Crippen LogP contribution in [-0.2, 0) is 13.2 Å². The van der Waals surface area contributed by atoms with Crippen molar-refractivity contribution in [1.29, 1.82) is 0 Å². The smallest absolute Gasteiger partial charge is 0.223 e. The van der Waals surface area contributed by atoms with Crippen LogP contribution in [0.5, 0.6) is 23.0 Å². The predicted molar refractivity (Wildman–Crippen MR) is 196 cm³/mol. The number of methoxy groups -OCH3 is 2. The van der Waals surface area contributed by atoms with Crippen LogP contribution >= 0.6 is 22.6 Å². The van der Waals surface area contributed by atoms with E-state index in [4.69, 9.17) is 28.0 Å². The first-order chi connectivity index (χ1) is 24.2. The van der Waals surface area contributed by atoms with Gasteiger partial charge in [0.25, 0.3) is 0 Å². The molecule has 1 N–H and O–H groups in total. The van der Waals surface area contributed by atoms with Gasteiger partial charge in [0.2, 0.25) is 23.4 Å². The van der Waals surface area contributed by atoms with Gasteiger partial charge in [-0.15, -0.1) is 0 Å². The molecule has 0 aliphatic rings. The summed E-state index contributed by atoms with van der Waals surface area (Å²) in [5.41, 5.74) is 4.34. The molecule has 0 saturated carbocycles. The summed E-state index contributed by atoms with van der Waals surface area (Å²) in [6, 6.07) is 27.2. The minimum atomic E-state index is -0.705. The van der Waals surface area contributed by atoms with Gasteiger partial charge in [-0.2, -0.15) is 9.97 Å². The Bertz CT molecular complexity index is 1980. The quantitative estimate of drug-likeness (QED) is 0.120. The molecule has 12 heteroatoms. The second kappa shape index (κ2) is 17.1. The van der Waals surface area contributed by atoms with Crippen LogP contribution in [0.1, 0.15) is 48.4 Å². The molecule has 0 amide bonds. The van der Waals surface area contributed by atoms with Crippen molar-refractivity contribution in [2.24, 2.45) is 5.92 Å². The molecule has 0 aliphatic heterocycles. The molecule has 2 aromatic heterocycles. The molecule has 0 aliphatic carbocycles. The van der Waals surface area contributed by atoms with Crippen LogP contribution in [0.25, 0.3) is 22.8 Å². The lowest BCUT2D eigenvalue weighted by Gasteiger charge is -2.20. The first-order valence-electron chi connectivity index (χ1n) is 15.9. The van der Waals surface area contributed by atoms with Gasteiger partial charge in [-0.25, -0.2) is 0 Å². The van der Waals surface area contributed by atoms with E-state index < -0.39 is 6.10 Å². The van der Waals surface area contributed by atoms with Gasteiger partial charge < -0.3 is 33.1 Å². The summed E-state index contributed by atoms with van der Waals surface area (Å²) in [5.74, 6) is 4.37. The van der Waals surface area contributed by atoms with Gasteiger partial charge in [-0.3, -0.25) is 0 Å². The SMILES string of the molecule is COc1cc(-c2noc(C)n2)c(C(O)C(C)C)cc1OCc1ccccc1.COc1cc(-c2noc(C)n2)c(I)cc1OCc1ccccc1. The van der Waals surface area contributed by atoms with Gasteiger partial charge in [0.1, 0.15) is 13.2 Å². The lowest BCUT2D eigenvalue weighted by Crippen LogP contribution is -2.09. The maximum Gasteiger partial charge on any atom is 0.223 e. The third-order valence-corrected chi connectivity index (χ3v) is 8.44. The minimum absolute atomic E-state index is 0.00659. The molecule has 50 heavy (non-hydrogen) atoms. The molecular weight excluding hydrogens is 751 g/mol. The van der Waals surface area contributed by atoms with Crippen molar-refractivity contribution in [3.05, 3.63) is 117 Å². The topological polar surface area (TPSA) is 135 Å². The summed E-state index contributed by atoms with van der Waals surface area (Å²) in [6.45, 7) is 8.26. The van der Waals surface area contributed by atoms with Crippen LogP contribution < -0.4 is 18.9 Å². The lowest BCUT2D eigenvalue weighted by atomic mass is 9.93. The van der Waals surface area contributed by atoms with Crippen LogP contribution in [0.15, 0.2) is 94.0 Å². The Hall–Kier alpha value is -4.95. The number of nitrogens with zero attached hydrogens (tertiary/aromatic N) is 4. The average molecular weight is 791 g/mol. The zero-order chi connectivity index (χ0) is 35.6. The second-order valence-electron chi connectivity index (χ2n) is 11.6. The first-order valence-corrected chi connectivity index (χ1v) is 17.0. The largest absolute Gasteiger partial charge is 0.493 e. The summed E-state index contributed by atoms with van der Waals surface area (Å²) < 4.78 is 33.9. The number of aliphatic hydroxyl groups excluding tert-OH is 1. The molecule has 6 aromatic rings. The number of aromatic nitrogens is 4. The van der Waals surface area contributed by atoms with Crippen molar-refractivity contribution in [3.63, 3.8) is 0 Å². The van der Waals surface area contributed by atoms with Crippen molar-refractivity contribution >= 4 is 22.6 Å². The number of aliphatic hydroxyl groups is 1. The number of benzene rings is 4. The highest BCUT2D eigenvalue weighted by Gasteiger charge is 2.23. The summed E-state index contributed by atoms with van der Waals surface area (Å²) in [7, 11) is 3.19. The molecule has 0 saturated heterocycles. The number of hydrogen-bond donors (Lipinski definition) is 1. The van der Waals surface area contributed by atoms with Crippen LogP contribution in [-0.4, -0.2) is 39.6 Å². The Morgan fingerprint density at radius 2 is 1.12 bits per heavy atom. The monoisotopic (exact) mass is 790 g/mol. The fraction of sp³-hybridized carbons (Fsp3) is 0.263. The van der Waals surface area contributed by atoms with E-state index in [0.717, 1.165) is 20.3 Å². The Morgan fingerprint density at radius 3 is 1.56 bits per heavy atom. The normalized spacial score (nSPS) is 11.5. The molecular formula is C38H39IN4O7. The fourth-order valence-corrected chi connectivity index (χ4v) is 5.59. The van der Waals surface area contributed by atoms with Crippen molar-refractivity contribution < 1.29 is 33.1 Å². The zero-order valence-electron chi connectivity index (χ0n) is 28.7. The van der Waals surface area contributed by atoms with Gasteiger partial charge in [0.15, 0.2) is 23.0 Å². The van der Waals surface area contributed by atoms with Crippen molar-refractivity contribution in [3.8, 4) is 45.8 Å². The molecule has 11 nitrogen and oxygen atoms in total. The van der Waals surface area contributed by atoms with E-state index in [1.165, 1.54) is 0 Å². The van der Waals surface area contributed by atoms with E-state index in [0.29, 0.717) is 70.8 Å². The molecule has 0 spiro atoms. The highest BCUT2D eigenvalue weighted by atomic mass is 127. The van der Waals surface area contributed by atoms with Crippen LogP contribution in [0.4, 0.5) is 0 Å². The van der Waals surface area contributed by atoms with Gasteiger partial charge in [0.05, 0.1) is 20.3 Å². The van der Waals surface area contributed by atoms with E-state index in [1.807, 2.05) is 86.6 Å². The predicted octanol–water partition coefficient (Wildman–Crippen LogP) is 8.56. The number of hydrogen-bond acceptors (Lipinski definition) is 11. The van der Waals surface area contributed by atoms with E-state index >= 15 is 0 Å². The van der Waals surface area contributed by atoms with Gasteiger partial charge in [0, 0.05) is 28.5 Å². The van der Waals surface area contributed by atoms with Crippen molar-refractivity contribution in [2.75, 3.05) is 14.2 Å². The fourth-order valence-electron chi connectivity index (χ4n) is 4.91. The molecule has 260 valence electrons. The van der Waals surface area contributed by atoms with Crippen LogP contribution in [0.3, 0.4) is 0 Å². The van der Waals surface area contributed by atoms with E-state index in [-0.39, 0.29) is 5.92 Å². The number of halogens is 1. The van der Waals surface area contributed by atoms with Gasteiger partial charge >= 0.3 is 0 Å². The Kier molecular flexibility index (Phi) is 12.4. The Balaban J connectivity index is 0.000000197. The molecule has 0 bridgehead atoms. The third kappa shape index (κ3) is 9.18. The average Bonchev–Trinajstić information content (AvgIpc) is 3.78. The molecule has 6 rings (SSSR count). The maximum absolute atomic E-state index is 10.7. The van der Waals surface area contributed by atoms with Crippen LogP contribution in [0, 0.1) is 23.3 Å². The molecule has 1 unspecified atom stereocenters. The minimum Gasteiger partial charge on any atom is -0.493 e. The summed E-state index contributed by atoms with van der Waals surface area (Å²) >= 11 is 2.23. The molecule has 2 heterocycles. The maximum atomic E-state index is 10.7. The lowest BCUT2D eigenvalue weighted by molar-refractivity contribution is 0.127. The second-order valence-corrected chi connectivity index (χ2v) is 12.7. The molecule has 1 atom stereocenters. The third-order valence-electron chi connectivity index (χ3n) is 7.55. The standard InChI is InChI=1S/C21H24N2O4.C17H15IN2O3/c1-13(2)20(24)16-10-19(26-12-15-8-6-5-7-9-15)18(25-4)11-17(16)21-22-14(3)27-23-21;1-11-19-17(20-23-11)13-8-15(21-2)16(9-14(13)18)22-10-12-6-4-3-5-7-12/h5-11,13,20,24H,12H2,1-4H3;3-9H,10H2,1-2H3. The Labute approximate surface area is 304 Å². The Morgan fingerprint density at radius 1 is 0.660 bits per heavy atom. The van der Waals surface area contributed by atoms with Gasteiger partial charge in [-0.05, 0) is 69.5 Å². The zero-order valence-corrected chi connectivity index (χ0v) is 30.9. The van der Waals surface area contributed by atoms with Crippen LogP contribution in [0.2, 0.25) is 0 Å². The van der Waals surface area contributed by atoms with Crippen molar-refractivity contribution in [1.82, 2.24) is 20.3 Å². The highest BCUT2D eigenvalue weighted by Crippen LogP contribution is 2.40.